The normalized spacial score (nSPS) is 12.4. The van der Waals surface area contributed by atoms with Crippen molar-refractivity contribution in [1.82, 2.24) is 0 Å². The van der Waals surface area contributed by atoms with E-state index >= 15 is 0 Å². The predicted octanol–water partition coefficient (Wildman–Crippen LogP) is 10.9. The van der Waals surface area contributed by atoms with Gasteiger partial charge in [-0.3, -0.25) is 14.1 Å². The Morgan fingerprint density at radius 2 is 0.800 bits per heavy atom. The Morgan fingerprint density at radius 3 is 1.13 bits per heavy atom. The molecule has 0 rings (SSSR count). The van der Waals surface area contributed by atoms with Crippen molar-refractivity contribution >= 4 is 19.8 Å². The first-order valence-electron chi connectivity index (χ1n) is 18.8. The maximum absolute atomic E-state index is 12.3. The average molecular weight is 663 g/mol. The summed E-state index contributed by atoms with van der Waals surface area (Å²) in [6.07, 6.45) is 32.5. The highest BCUT2D eigenvalue weighted by Gasteiger charge is 2.22. The molecule has 0 heterocycles. The van der Waals surface area contributed by atoms with Crippen LogP contribution in [0.25, 0.3) is 0 Å². The van der Waals surface area contributed by atoms with E-state index in [9.17, 15) is 14.2 Å². The zero-order valence-corrected chi connectivity index (χ0v) is 30.2. The van der Waals surface area contributed by atoms with Gasteiger partial charge in [-0.2, -0.15) is 0 Å². The lowest BCUT2D eigenvalue weighted by molar-refractivity contribution is -0.161. The number of ether oxygens (including phenoxy) is 2. The van der Waals surface area contributed by atoms with Crippen LogP contribution in [0, 0.1) is 0 Å². The number of rotatable bonds is 35. The van der Waals surface area contributed by atoms with E-state index in [1.807, 2.05) is 0 Å². The minimum atomic E-state index is -4.74. The van der Waals surface area contributed by atoms with Gasteiger partial charge in [0.15, 0.2) is 6.10 Å². The molecule has 0 fully saturated rings. The van der Waals surface area contributed by atoms with Crippen LogP contribution in [0.1, 0.15) is 200 Å². The molecule has 0 saturated carbocycles. The minimum Gasteiger partial charge on any atom is -0.462 e. The second kappa shape index (κ2) is 33.0. The lowest BCUT2D eigenvalue weighted by Gasteiger charge is -2.18. The Bertz CT molecular complexity index is 711. The second-order valence-corrected chi connectivity index (χ2v) is 14.2. The fourth-order valence-electron chi connectivity index (χ4n) is 5.55. The van der Waals surface area contributed by atoms with E-state index in [1.165, 1.54) is 135 Å². The van der Waals surface area contributed by atoms with E-state index in [2.05, 4.69) is 18.4 Å². The molecule has 9 heteroatoms. The van der Waals surface area contributed by atoms with Crippen LogP contribution >= 0.6 is 7.82 Å². The number of hydrogen-bond acceptors (Lipinski definition) is 6. The van der Waals surface area contributed by atoms with E-state index in [0.29, 0.717) is 6.42 Å². The molecule has 0 aromatic rings. The number of carbonyl (C=O) groups is 2. The molecule has 0 radical (unpaired) electrons. The van der Waals surface area contributed by atoms with Crippen LogP contribution in [0.3, 0.4) is 0 Å². The molecule has 0 unspecified atom stereocenters. The molecule has 0 aliphatic carbocycles. The highest BCUT2D eigenvalue weighted by molar-refractivity contribution is 7.46. The molecule has 0 aromatic heterocycles. The summed E-state index contributed by atoms with van der Waals surface area (Å²) in [5, 5.41) is 0. The molecule has 0 saturated heterocycles. The third-order valence-corrected chi connectivity index (χ3v) is 8.86. The van der Waals surface area contributed by atoms with Gasteiger partial charge in [0.05, 0.1) is 6.61 Å². The van der Waals surface area contributed by atoms with Gasteiger partial charge in [0.25, 0.3) is 0 Å². The summed E-state index contributed by atoms with van der Waals surface area (Å²) < 4.78 is 26.3. The third-order valence-electron chi connectivity index (χ3n) is 8.38. The summed E-state index contributed by atoms with van der Waals surface area (Å²) in [6.45, 7) is 3.68. The molecule has 0 aromatic carbocycles. The molecule has 0 aliphatic heterocycles. The van der Waals surface area contributed by atoms with Crippen molar-refractivity contribution in [2.24, 2.45) is 0 Å². The zero-order valence-electron chi connectivity index (χ0n) is 29.3. The van der Waals surface area contributed by atoms with Gasteiger partial charge in [0.2, 0.25) is 0 Å². The Balaban J connectivity index is 3.91. The minimum absolute atomic E-state index is 0.220. The van der Waals surface area contributed by atoms with E-state index < -0.39 is 32.5 Å². The molecule has 1 atom stereocenters. The predicted molar refractivity (Wildman–Crippen MR) is 184 cm³/mol. The number of carbonyl (C=O) groups excluding carboxylic acids is 2. The van der Waals surface area contributed by atoms with Crippen LogP contribution in [0.5, 0.6) is 0 Å². The van der Waals surface area contributed by atoms with Crippen molar-refractivity contribution < 1.29 is 37.9 Å². The van der Waals surface area contributed by atoms with Crippen LogP contribution < -0.4 is 0 Å². The SMILES string of the molecule is CCCCCCCCCCCCCCCCCCC(=O)O[C@H](COC(=O)CCCCCCCCCCCCC)COP(=O)(O)O. The summed E-state index contributed by atoms with van der Waals surface area (Å²) in [6, 6.07) is 0. The van der Waals surface area contributed by atoms with Crippen LogP contribution in [0.2, 0.25) is 0 Å². The van der Waals surface area contributed by atoms with E-state index in [0.717, 1.165) is 32.1 Å². The van der Waals surface area contributed by atoms with Crippen molar-refractivity contribution in [3.63, 3.8) is 0 Å². The first-order valence-corrected chi connectivity index (χ1v) is 20.4. The van der Waals surface area contributed by atoms with Gasteiger partial charge in [-0.05, 0) is 12.8 Å². The van der Waals surface area contributed by atoms with Crippen molar-refractivity contribution in [2.45, 2.75) is 206 Å². The Labute approximate surface area is 276 Å². The highest BCUT2D eigenvalue weighted by atomic mass is 31.2. The largest absolute Gasteiger partial charge is 0.469 e. The molecular formula is C36H71O8P. The van der Waals surface area contributed by atoms with Crippen molar-refractivity contribution in [1.29, 1.82) is 0 Å². The van der Waals surface area contributed by atoms with Crippen LogP contribution in [-0.2, 0) is 28.2 Å². The van der Waals surface area contributed by atoms with Gasteiger partial charge in [0.1, 0.15) is 6.61 Å². The summed E-state index contributed by atoms with van der Waals surface area (Å²) in [4.78, 5) is 42.6. The maximum Gasteiger partial charge on any atom is 0.469 e. The van der Waals surface area contributed by atoms with Gasteiger partial charge < -0.3 is 19.3 Å². The summed E-state index contributed by atoms with van der Waals surface area (Å²) >= 11 is 0. The lowest BCUT2D eigenvalue weighted by atomic mass is 10.0. The Hall–Kier alpha value is -0.950. The molecule has 0 aliphatic rings. The number of esters is 2. The van der Waals surface area contributed by atoms with Gasteiger partial charge in [-0.1, -0.05) is 174 Å². The molecule has 0 spiro atoms. The van der Waals surface area contributed by atoms with Gasteiger partial charge in [-0.15, -0.1) is 0 Å². The fraction of sp³-hybridized carbons (Fsp3) is 0.944. The van der Waals surface area contributed by atoms with Crippen molar-refractivity contribution in [2.75, 3.05) is 13.2 Å². The number of hydrogen-bond donors (Lipinski definition) is 2. The lowest BCUT2D eigenvalue weighted by Crippen LogP contribution is -2.29. The molecule has 45 heavy (non-hydrogen) atoms. The van der Waals surface area contributed by atoms with Crippen LogP contribution in [-0.4, -0.2) is 41.0 Å². The smallest absolute Gasteiger partial charge is 0.462 e. The molecule has 0 amide bonds. The first kappa shape index (κ1) is 44.0. The van der Waals surface area contributed by atoms with Crippen LogP contribution in [0.4, 0.5) is 0 Å². The van der Waals surface area contributed by atoms with Gasteiger partial charge in [-0.25, -0.2) is 4.57 Å². The van der Waals surface area contributed by atoms with Crippen LogP contribution in [0.15, 0.2) is 0 Å². The zero-order chi connectivity index (χ0) is 33.3. The average Bonchev–Trinajstić information content (AvgIpc) is 3.00. The molecular weight excluding hydrogens is 591 g/mol. The molecule has 268 valence electrons. The standard InChI is InChI=1S/C36H71O8P/c1-3-5-7-9-11-13-15-16-17-18-19-21-23-25-27-29-31-36(38)44-34(33-43-45(39,40)41)32-42-35(37)30-28-26-24-22-20-14-12-10-8-6-4-2/h34H,3-33H2,1-2H3,(H2,39,40,41)/t34-/m1/s1. The molecule has 8 nitrogen and oxygen atoms in total. The molecule has 2 N–H and O–H groups in total. The van der Waals surface area contributed by atoms with Crippen molar-refractivity contribution in [3.05, 3.63) is 0 Å². The summed E-state index contributed by atoms with van der Waals surface area (Å²) in [5.74, 6) is -0.873. The van der Waals surface area contributed by atoms with E-state index in [1.54, 1.807) is 0 Å². The third kappa shape index (κ3) is 35.7. The van der Waals surface area contributed by atoms with Crippen molar-refractivity contribution in [3.8, 4) is 0 Å². The van der Waals surface area contributed by atoms with E-state index in [4.69, 9.17) is 19.3 Å². The number of phosphoric ester groups is 1. The monoisotopic (exact) mass is 662 g/mol. The number of unbranched alkanes of at least 4 members (excludes halogenated alkanes) is 25. The van der Waals surface area contributed by atoms with Gasteiger partial charge in [0, 0.05) is 12.8 Å². The molecule has 0 bridgehead atoms. The maximum atomic E-state index is 12.3. The summed E-state index contributed by atoms with van der Waals surface area (Å²) in [7, 11) is -4.74. The second-order valence-electron chi connectivity index (χ2n) is 12.9. The quantitative estimate of drug-likeness (QED) is 0.0391. The number of phosphoric acid groups is 1. The van der Waals surface area contributed by atoms with Gasteiger partial charge >= 0.3 is 19.8 Å². The summed E-state index contributed by atoms with van der Waals surface area (Å²) in [5.41, 5.74) is 0. The Kier molecular flexibility index (Phi) is 32.3. The van der Waals surface area contributed by atoms with E-state index in [-0.39, 0.29) is 19.4 Å². The Morgan fingerprint density at radius 1 is 0.489 bits per heavy atom. The first-order chi connectivity index (χ1) is 21.8. The fourth-order valence-corrected chi connectivity index (χ4v) is 5.91. The topological polar surface area (TPSA) is 119 Å². The highest BCUT2D eigenvalue weighted by Crippen LogP contribution is 2.36.